The minimum absolute atomic E-state index is 0.102. The minimum Gasteiger partial charge on any atom is -0.391 e. The van der Waals surface area contributed by atoms with Crippen LogP contribution in [0.2, 0.25) is 0 Å². The van der Waals surface area contributed by atoms with Gasteiger partial charge in [-0.05, 0) is 6.42 Å². The third-order valence-corrected chi connectivity index (χ3v) is 1.36. The largest absolute Gasteiger partial charge is 0.391 e. The summed E-state index contributed by atoms with van der Waals surface area (Å²) in [6, 6.07) is -0.102. The van der Waals surface area contributed by atoms with Gasteiger partial charge in [-0.1, -0.05) is 6.58 Å². The van der Waals surface area contributed by atoms with Crippen LogP contribution in [-0.4, -0.2) is 19.4 Å². The Bertz CT molecular complexity index is 123. The van der Waals surface area contributed by atoms with Crippen molar-refractivity contribution in [2.24, 2.45) is 5.73 Å². The zero-order valence-electron chi connectivity index (χ0n) is 6.26. The van der Waals surface area contributed by atoms with Crippen molar-refractivity contribution in [1.82, 2.24) is 5.32 Å². The summed E-state index contributed by atoms with van der Waals surface area (Å²) in [5.41, 5.74) is 6.37. The summed E-state index contributed by atoms with van der Waals surface area (Å²) < 4.78 is 0. The highest BCUT2D eigenvalue weighted by atomic mass is 16.1. The van der Waals surface area contributed by atoms with Crippen molar-refractivity contribution in [3.8, 4) is 0 Å². The maximum atomic E-state index is 9.91. The predicted octanol–water partition coefficient (Wildman–Crippen LogP) is 0.0259. The van der Waals surface area contributed by atoms with Gasteiger partial charge in [-0.2, -0.15) is 0 Å². The van der Waals surface area contributed by atoms with Gasteiger partial charge in [0.1, 0.15) is 6.29 Å². The van der Waals surface area contributed by atoms with Crippen molar-refractivity contribution < 1.29 is 4.79 Å². The van der Waals surface area contributed by atoms with Crippen LogP contribution in [0.5, 0.6) is 0 Å². The maximum Gasteiger partial charge on any atom is 0.120 e. The number of nitrogens with two attached hydrogens (primary N) is 1. The zero-order chi connectivity index (χ0) is 7.98. The molecule has 0 aromatic carbocycles. The Labute approximate surface area is 61.3 Å². The Hall–Kier alpha value is -0.830. The fourth-order valence-electron chi connectivity index (χ4n) is 0.607. The van der Waals surface area contributed by atoms with Gasteiger partial charge in [0.25, 0.3) is 0 Å². The Kier molecular flexibility index (Phi) is 4.58. The van der Waals surface area contributed by atoms with Gasteiger partial charge < -0.3 is 15.8 Å². The molecule has 3 N–H and O–H groups in total. The lowest BCUT2D eigenvalue weighted by Gasteiger charge is -2.11. The molecule has 0 spiro atoms. The van der Waals surface area contributed by atoms with E-state index in [2.05, 4.69) is 11.9 Å². The number of likely N-dealkylation sites (N-methyl/N-ethyl adjacent to an activating group) is 1. The van der Waals surface area contributed by atoms with E-state index in [1.807, 2.05) is 0 Å². The van der Waals surface area contributed by atoms with Crippen molar-refractivity contribution in [2.45, 2.75) is 18.9 Å². The van der Waals surface area contributed by atoms with Gasteiger partial charge in [-0.25, -0.2) is 0 Å². The van der Waals surface area contributed by atoms with Gasteiger partial charge in [-0.15, -0.1) is 0 Å². The summed E-state index contributed by atoms with van der Waals surface area (Å²) in [5.74, 6) is 0. The number of aldehydes is 1. The molecule has 0 heterocycles. The van der Waals surface area contributed by atoms with Gasteiger partial charge in [0.15, 0.2) is 0 Å². The quantitative estimate of drug-likeness (QED) is 0.532. The van der Waals surface area contributed by atoms with E-state index < -0.39 is 0 Å². The molecule has 0 amide bonds. The number of hydrogen-bond donors (Lipinski definition) is 2. The van der Waals surface area contributed by atoms with Crippen molar-refractivity contribution in [1.29, 1.82) is 0 Å². The molecule has 0 aliphatic heterocycles. The van der Waals surface area contributed by atoms with E-state index in [4.69, 9.17) is 5.73 Å². The van der Waals surface area contributed by atoms with Crippen LogP contribution in [0.3, 0.4) is 0 Å². The summed E-state index contributed by atoms with van der Waals surface area (Å²) >= 11 is 0. The summed E-state index contributed by atoms with van der Waals surface area (Å²) in [4.78, 5) is 9.91. The summed E-state index contributed by atoms with van der Waals surface area (Å²) in [6.45, 7) is 3.67. The Balaban J connectivity index is 3.50. The molecule has 0 aliphatic carbocycles. The Morgan fingerprint density at radius 2 is 2.50 bits per heavy atom. The first-order valence-corrected chi connectivity index (χ1v) is 3.28. The average molecular weight is 142 g/mol. The lowest BCUT2D eigenvalue weighted by atomic mass is 10.1. The van der Waals surface area contributed by atoms with E-state index in [0.29, 0.717) is 12.8 Å². The predicted molar refractivity (Wildman–Crippen MR) is 41.5 cm³/mol. The van der Waals surface area contributed by atoms with Crippen LogP contribution in [0.15, 0.2) is 12.3 Å². The second-order valence-corrected chi connectivity index (χ2v) is 2.13. The first kappa shape index (κ1) is 9.17. The molecular formula is C7H14N2O. The van der Waals surface area contributed by atoms with Gasteiger partial charge in [0.2, 0.25) is 0 Å². The van der Waals surface area contributed by atoms with Crippen LogP contribution in [0.25, 0.3) is 0 Å². The monoisotopic (exact) mass is 142 g/mol. The molecule has 3 heteroatoms. The second kappa shape index (κ2) is 4.99. The molecule has 0 saturated heterocycles. The number of hydrogen-bond acceptors (Lipinski definition) is 3. The van der Waals surface area contributed by atoms with Crippen LogP contribution in [0, 0.1) is 0 Å². The third kappa shape index (κ3) is 3.25. The maximum absolute atomic E-state index is 9.91. The highest BCUT2D eigenvalue weighted by Crippen LogP contribution is 1.98. The van der Waals surface area contributed by atoms with Crippen LogP contribution >= 0.6 is 0 Å². The van der Waals surface area contributed by atoms with Crippen molar-refractivity contribution >= 4 is 6.29 Å². The van der Waals surface area contributed by atoms with Crippen molar-refractivity contribution in [2.75, 3.05) is 7.05 Å². The molecular weight excluding hydrogens is 128 g/mol. The van der Waals surface area contributed by atoms with E-state index >= 15 is 0 Å². The molecule has 10 heavy (non-hydrogen) atoms. The van der Waals surface area contributed by atoms with Crippen LogP contribution in [0.4, 0.5) is 0 Å². The highest BCUT2D eigenvalue weighted by molar-refractivity contribution is 5.49. The Morgan fingerprint density at radius 1 is 1.90 bits per heavy atom. The first-order valence-electron chi connectivity index (χ1n) is 3.28. The second-order valence-electron chi connectivity index (χ2n) is 2.13. The number of carbonyl (C=O) groups is 1. The van der Waals surface area contributed by atoms with Crippen molar-refractivity contribution in [3.05, 3.63) is 12.3 Å². The number of rotatable bonds is 5. The van der Waals surface area contributed by atoms with Crippen LogP contribution in [-0.2, 0) is 4.79 Å². The average Bonchev–Trinajstić information content (AvgIpc) is 1.98. The highest BCUT2D eigenvalue weighted by Gasteiger charge is 2.03. The molecule has 1 atom stereocenters. The smallest absolute Gasteiger partial charge is 0.120 e. The van der Waals surface area contributed by atoms with Gasteiger partial charge in [-0.3, -0.25) is 0 Å². The molecule has 0 radical (unpaired) electrons. The van der Waals surface area contributed by atoms with E-state index in [1.54, 1.807) is 7.05 Å². The minimum atomic E-state index is -0.102. The first-order chi connectivity index (χ1) is 4.72. The van der Waals surface area contributed by atoms with E-state index in [1.165, 1.54) is 0 Å². The fraction of sp³-hybridized carbons (Fsp3) is 0.571. The van der Waals surface area contributed by atoms with E-state index in [-0.39, 0.29) is 6.04 Å². The Morgan fingerprint density at radius 3 is 2.90 bits per heavy atom. The third-order valence-electron chi connectivity index (χ3n) is 1.36. The fourth-order valence-corrected chi connectivity index (χ4v) is 0.607. The molecule has 0 rings (SSSR count). The molecule has 58 valence electrons. The van der Waals surface area contributed by atoms with Gasteiger partial charge in [0, 0.05) is 25.2 Å². The van der Waals surface area contributed by atoms with Crippen molar-refractivity contribution in [3.63, 3.8) is 0 Å². The SMILES string of the molecule is C=C(NC)C(N)CCC=O. The number of carbonyl (C=O) groups excluding carboxylic acids is 1. The van der Waals surface area contributed by atoms with Gasteiger partial charge >= 0.3 is 0 Å². The molecule has 0 aromatic rings. The normalized spacial score (nSPS) is 12.2. The summed E-state index contributed by atoms with van der Waals surface area (Å²) in [6.07, 6.45) is 2.04. The number of nitrogens with one attached hydrogen (secondary N) is 1. The van der Waals surface area contributed by atoms with Crippen LogP contribution < -0.4 is 11.1 Å². The standard InChI is InChI=1S/C7H14N2O/c1-6(9-2)7(8)4-3-5-10/h5,7,9H,1,3-4,8H2,2H3. The van der Waals surface area contributed by atoms with E-state index in [0.717, 1.165) is 12.0 Å². The zero-order valence-corrected chi connectivity index (χ0v) is 6.26. The molecule has 1 unspecified atom stereocenters. The van der Waals surface area contributed by atoms with Crippen LogP contribution in [0.1, 0.15) is 12.8 Å². The molecule has 0 saturated carbocycles. The van der Waals surface area contributed by atoms with E-state index in [9.17, 15) is 4.79 Å². The molecule has 0 bridgehead atoms. The topological polar surface area (TPSA) is 55.1 Å². The lowest BCUT2D eigenvalue weighted by molar-refractivity contribution is -0.107. The van der Waals surface area contributed by atoms with Gasteiger partial charge in [0.05, 0.1) is 0 Å². The summed E-state index contributed by atoms with van der Waals surface area (Å²) in [7, 11) is 1.77. The molecule has 0 aromatic heterocycles. The molecule has 0 fully saturated rings. The molecule has 3 nitrogen and oxygen atoms in total. The lowest BCUT2D eigenvalue weighted by Crippen LogP contribution is -2.28. The molecule has 0 aliphatic rings. The summed E-state index contributed by atoms with van der Waals surface area (Å²) in [5, 5.41) is 2.84.